The molecule has 0 aliphatic rings. The highest BCUT2D eigenvalue weighted by molar-refractivity contribution is 5.97. The Morgan fingerprint density at radius 1 is 0.966 bits per heavy atom. The Labute approximate surface area is 173 Å². The van der Waals surface area contributed by atoms with E-state index in [0.29, 0.717) is 29.6 Å². The van der Waals surface area contributed by atoms with Crippen LogP contribution >= 0.6 is 0 Å². The van der Waals surface area contributed by atoms with Gasteiger partial charge in [0.05, 0.1) is 6.61 Å². The van der Waals surface area contributed by atoms with Crippen LogP contribution in [0, 0.1) is 12.8 Å². The van der Waals surface area contributed by atoms with Crippen molar-refractivity contribution in [2.45, 2.75) is 53.5 Å². The number of carbonyl (C=O) groups is 2. The highest BCUT2D eigenvalue weighted by Gasteiger charge is 2.27. The Balaban J connectivity index is 2.09. The highest BCUT2D eigenvalue weighted by atomic mass is 16.5. The van der Waals surface area contributed by atoms with E-state index in [4.69, 9.17) is 9.47 Å². The van der Waals surface area contributed by atoms with Crippen molar-refractivity contribution in [3.8, 4) is 11.5 Å². The summed E-state index contributed by atoms with van der Waals surface area (Å²) in [6.07, 6.45) is 0. The number of carbonyl (C=O) groups excluding carboxylic acids is 2. The van der Waals surface area contributed by atoms with E-state index in [1.165, 1.54) is 5.56 Å². The molecular formula is C24H31NO4. The van der Waals surface area contributed by atoms with Crippen LogP contribution in [0.3, 0.4) is 0 Å². The van der Waals surface area contributed by atoms with Gasteiger partial charge in [-0.05, 0) is 73.2 Å². The molecule has 5 nitrogen and oxygen atoms in total. The minimum Gasteiger partial charge on any atom is -0.494 e. The molecule has 0 saturated carbocycles. The summed E-state index contributed by atoms with van der Waals surface area (Å²) in [6.45, 7) is 12.5. The molecule has 2 rings (SSSR count). The van der Waals surface area contributed by atoms with Gasteiger partial charge >= 0.3 is 5.97 Å². The normalized spacial score (nSPS) is 12.0. The zero-order chi connectivity index (χ0) is 21.6. The van der Waals surface area contributed by atoms with Crippen molar-refractivity contribution in [2.75, 3.05) is 6.61 Å². The third-order valence-electron chi connectivity index (χ3n) is 4.72. The van der Waals surface area contributed by atoms with Gasteiger partial charge in [-0.25, -0.2) is 4.79 Å². The molecule has 29 heavy (non-hydrogen) atoms. The molecular weight excluding hydrogens is 366 g/mol. The summed E-state index contributed by atoms with van der Waals surface area (Å²) in [6, 6.07) is 11.7. The lowest BCUT2D eigenvalue weighted by Crippen LogP contribution is -2.46. The van der Waals surface area contributed by atoms with Gasteiger partial charge in [-0.1, -0.05) is 33.8 Å². The topological polar surface area (TPSA) is 64.6 Å². The summed E-state index contributed by atoms with van der Waals surface area (Å²) < 4.78 is 11.0. The van der Waals surface area contributed by atoms with Gasteiger partial charge in [0.2, 0.25) is 0 Å². The van der Waals surface area contributed by atoms with Crippen LogP contribution in [0.2, 0.25) is 0 Å². The van der Waals surface area contributed by atoms with Gasteiger partial charge in [0.1, 0.15) is 17.5 Å². The molecule has 0 heterocycles. The molecule has 1 atom stereocenters. The summed E-state index contributed by atoms with van der Waals surface area (Å²) in [5.41, 5.74) is 2.75. The molecule has 0 fully saturated rings. The first-order valence-corrected chi connectivity index (χ1v) is 10.1. The zero-order valence-electron chi connectivity index (χ0n) is 18.1. The maximum Gasteiger partial charge on any atom is 0.334 e. The Bertz CT molecular complexity index is 840. The van der Waals surface area contributed by atoms with E-state index >= 15 is 0 Å². The highest BCUT2D eigenvalue weighted by Crippen LogP contribution is 2.24. The third-order valence-corrected chi connectivity index (χ3v) is 4.72. The second-order valence-electron chi connectivity index (χ2n) is 7.75. The number of rotatable bonds is 8. The standard InChI is InChI=1S/C24H31NO4/c1-7-28-19-10-8-18(9-11-19)23(26)25-22(16(4)5)24(27)29-20-12-13-21(15(2)3)17(6)14-20/h8-16,22H,7H2,1-6H3,(H,25,26)/t22-/m0/s1. The zero-order valence-corrected chi connectivity index (χ0v) is 18.1. The smallest absolute Gasteiger partial charge is 0.334 e. The monoisotopic (exact) mass is 397 g/mol. The van der Waals surface area contributed by atoms with Gasteiger partial charge in [-0.3, -0.25) is 4.79 Å². The van der Waals surface area contributed by atoms with Crippen LogP contribution in [0.1, 0.15) is 62.0 Å². The molecule has 0 spiro atoms. The first-order valence-electron chi connectivity index (χ1n) is 10.1. The first-order chi connectivity index (χ1) is 13.7. The van der Waals surface area contributed by atoms with Crippen molar-refractivity contribution in [2.24, 2.45) is 5.92 Å². The molecule has 1 amide bonds. The van der Waals surface area contributed by atoms with E-state index in [1.54, 1.807) is 30.3 Å². The van der Waals surface area contributed by atoms with Crippen molar-refractivity contribution in [3.05, 3.63) is 59.2 Å². The average molecular weight is 398 g/mol. The molecule has 0 bridgehead atoms. The summed E-state index contributed by atoms with van der Waals surface area (Å²) in [5.74, 6) is 0.662. The van der Waals surface area contributed by atoms with E-state index < -0.39 is 12.0 Å². The van der Waals surface area contributed by atoms with Crippen LogP contribution in [0.15, 0.2) is 42.5 Å². The minimum absolute atomic E-state index is 0.120. The van der Waals surface area contributed by atoms with E-state index in [-0.39, 0.29) is 11.8 Å². The van der Waals surface area contributed by atoms with Gasteiger partial charge in [-0.15, -0.1) is 0 Å². The Hall–Kier alpha value is -2.82. The molecule has 0 aromatic heterocycles. The Morgan fingerprint density at radius 2 is 1.59 bits per heavy atom. The quantitative estimate of drug-likeness (QED) is 0.509. The molecule has 0 radical (unpaired) electrons. The van der Waals surface area contributed by atoms with Crippen molar-refractivity contribution in [3.63, 3.8) is 0 Å². The Kier molecular flexibility index (Phi) is 7.82. The fourth-order valence-corrected chi connectivity index (χ4v) is 3.13. The number of amides is 1. The molecule has 0 aliphatic heterocycles. The van der Waals surface area contributed by atoms with E-state index in [1.807, 2.05) is 39.8 Å². The van der Waals surface area contributed by atoms with Crippen LogP contribution in [0.4, 0.5) is 0 Å². The molecule has 5 heteroatoms. The van der Waals surface area contributed by atoms with Gasteiger partial charge in [0.25, 0.3) is 5.91 Å². The Morgan fingerprint density at radius 3 is 2.10 bits per heavy atom. The van der Waals surface area contributed by atoms with Gasteiger partial charge in [-0.2, -0.15) is 0 Å². The maximum absolute atomic E-state index is 12.7. The van der Waals surface area contributed by atoms with Gasteiger partial charge < -0.3 is 14.8 Å². The number of esters is 1. The second kappa shape index (κ2) is 10.1. The van der Waals surface area contributed by atoms with E-state index in [9.17, 15) is 9.59 Å². The summed E-state index contributed by atoms with van der Waals surface area (Å²) >= 11 is 0. The number of aryl methyl sites for hydroxylation is 1. The number of benzene rings is 2. The molecule has 2 aromatic rings. The molecule has 0 aliphatic carbocycles. The van der Waals surface area contributed by atoms with Gasteiger partial charge in [0.15, 0.2) is 0 Å². The fourth-order valence-electron chi connectivity index (χ4n) is 3.13. The molecule has 0 saturated heterocycles. The minimum atomic E-state index is -0.751. The fraction of sp³-hybridized carbons (Fsp3) is 0.417. The maximum atomic E-state index is 12.7. The van der Waals surface area contributed by atoms with Crippen LogP contribution in [-0.2, 0) is 4.79 Å². The summed E-state index contributed by atoms with van der Waals surface area (Å²) in [5, 5.41) is 2.79. The third kappa shape index (κ3) is 6.08. The second-order valence-corrected chi connectivity index (χ2v) is 7.75. The predicted molar refractivity (Wildman–Crippen MR) is 115 cm³/mol. The number of hydrogen-bond donors (Lipinski definition) is 1. The summed E-state index contributed by atoms with van der Waals surface area (Å²) in [7, 11) is 0. The van der Waals surface area contributed by atoms with Gasteiger partial charge in [0, 0.05) is 5.56 Å². The largest absolute Gasteiger partial charge is 0.494 e. The van der Waals surface area contributed by atoms with Crippen molar-refractivity contribution < 1.29 is 19.1 Å². The average Bonchev–Trinajstić information content (AvgIpc) is 2.66. The number of nitrogens with one attached hydrogen (secondary N) is 1. The number of ether oxygens (including phenoxy) is 2. The molecule has 1 N–H and O–H groups in total. The first kappa shape index (κ1) is 22.5. The molecule has 0 unspecified atom stereocenters. The van der Waals surface area contributed by atoms with E-state index in [2.05, 4.69) is 19.2 Å². The lowest BCUT2D eigenvalue weighted by molar-refractivity contribution is -0.137. The lowest BCUT2D eigenvalue weighted by atomic mass is 9.98. The SMILES string of the molecule is CCOc1ccc(C(=O)N[C@H](C(=O)Oc2ccc(C(C)C)c(C)c2)C(C)C)cc1. The lowest BCUT2D eigenvalue weighted by Gasteiger charge is -2.21. The van der Waals surface area contributed by atoms with Crippen molar-refractivity contribution in [1.82, 2.24) is 5.32 Å². The summed E-state index contributed by atoms with van der Waals surface area (Å²) in [4.78, 5) is 25.3. The van der Waals surface area contributed by atoms with Crippen molar-refractivity contribution in [1.29, 1.82) is 0 Å². The van der Waals surface area contributed by atoms with Crippen LogP contribution < -0.4 is 14.8 Å². The van der Waals surface area contributed by atoms with E-state index in [0.717, 1.165) is 5.56 Å². The van der Waals surface area contributed by atoms with Crippen LogP contribution in [-0.4, -0.2) is 24.5 Å². The van der Waals surface area contributed by atoms with Crippen molar-refractivity contribution >= 4 is 11.9 Å². The molecule has 156 valence electrons. The molecule has 2 aromatic carbocycles. The van der Waals surface area contributed by atoms with Crippen LogP contribution in [0.25, 0.3) is 0 Å². The van der Waals surface area contributed by atoms with Crippen LogP contribution in [0.5, 0.6) is 11.5 Å². The predicted octanol–water partition coefficient (Wildman–Crippen LogP) is 4.88. The number of hydrogen-bond acceptors (Lipinski definition) is 4.